The summed E-state index contributed by atoms with van der Waals surface area (Å²) < 4.78 is 5.26. The van der Waals surface area contributed by atoms with Crippen LogP contribution in [0.15, 0.2) is 0 Å². The van der Waals surface area contributed by atoms with E-state index in [0.29, 0.717) is 25.9 Å². The van der Waals surface area contributed by atoms with Gasteiger partial charge in [0.05, 0.1) is 31.3 Å². The quantitative estimate of drug-likeness (QED) is 0.110. The van der Waals surface area contributed by atoms with E-state index in [1.165, 1.54) is 20.0 Å². The number of hydrogen-bond donors (Lipinski definition) is 3. The number of nitrogens with zero attached hydrogens (tertiary/aromatic N) is 4. The number of likely N-dealkylation sites (tertiary alicyclic amines) is 4. The van der Waals surface area contributed by atoms with E-state index in [4.69, 9.17) is 4.74 Å². The lowest BCUT2D eigenvalue weighted by molar-refractivity contribution is -0.154. The van der Waals surface area contributed by atoms with E-state index >= 15 is 0 Å². The van der Waals surface area contributed by atoms with Gasteiger partial charge in [0.1, 0.15) is 12.1 Å². The number of esters is 1. The first-order valence-electron chi connectivity index (χ1n) is 35.8. The fourth-order valence-corrected chi connectivity index (χ4v) is 20.9. The third-order valence-electron chi connectivity index (χ3n) is 27.0. The lowest BCUT2D eigenvalue weighted by Crippen LogP contribution is -2.57. The Balaban J connectivity index is 0.000000211. The zero-order chi connectivity index (χ0) is 65.2. The molecule has 16 heteroatoms. The molecule has 6 aliphatic carbocycles. The molecule has 10 aliphatic rings. The standard InChI is InChI=1S/C37H61N3O5.C36H59N3O5/c1-24(2)39-20-13-12-17-27(39)31(42)38-30(25-15-10-9-11-16-25)29(41)21-26(34(3,4)5)32(43)40-23-37(22-28(40)33(44)45-8)35(6,7)36(37)18-14-19-36;1-23(2)38-19-12-11-16-26(38)30(41)37-29(24-14-9-8-10-15-24)28(40)20-25(33(3,4)5)31(42)39-22-36(21-27(39)32(43)44)34(6,7)35(36)17-13-18-35/h24-28,30H,9-23H2,1-8H3,(H,38,42);23-27,29H,8-22H2,1-7H3,(H,37,41)(H,43,44)/t26-,27+,28+,30+,37-;25-,26+,27+,29+,36-/m11/s1. The topological polar surface area (TPSA) is 203 Å². The number of hydrogen-bond acceptors (Lipinski definition) is 11. The Bertz CT molecular complexity index is 2630. The van der Waals surface area contributed by atoms with Gasteiger partial charge in [0.25, 0.3) is 0 Å². The number of carbonyl (C=O) groups is 8. The van der Waals surface area contributed by atoms with Crippen molar-refractivity contribution in [1.29, 1.82) is 0 Å². The maximum Gasteiger partial charge on any atom is 0.328 e. The third-order valence-corrected chi connectivity index (χ3v) is 27.0. The van der Waals surface area contributed by atoms with Crippen LogP contribution in [0.1, 0.15) is 264 Å². The van der Waals surface area contributed by atoms with Crippen LogP contribution < -0.4 is 10.6 Å². The first-order chi connectivity index (χ1) is 41.7. The molecule has 3 N–H and O–H groups in total. The van der Waals surface area contributed by atoms with Gasteiger partial charge < -0.3 is 30.3 Å². The van der Waals surface area contributed by atoms with Crippen molar-refractivity contribution in [3.63, 3.8) is 0 Å². The zero-order valence-electron chi connectivity index (χ0n) is 58.1. The number of carboxylic acids is 1. The fourth-order valence-electron chi connectivity index (χ4n) is 20.9. The van der Waals surface area contributed by atoms with Gasteiger partial charge in [-0.15, -0.1) is 0 Å². The number of carbonyl (C=O) groups excluding carboxylic acids is 7. The second-order valence-electron chi connectivity index (χ2n) is 34.2. The van der Waals surface area contributed by atoms with Crippen LogP contribution in [-0.2, 0) is 43.1 Å². The van der Waals surface area contributed by atoms with Gasteiger partial charge in [-0.1, -0.05) is 133 Å². The van der Waals surface area contributed by atoms with E-state index in [0.717, 1.165) is 142 Å². The van der Waals surface area contributed by atoms with Gasteiger partial charge in [-0.3, -0.25) is 38.6 Å². The highest BCUT2D eigenvalue weighted by Crippen LogP contribution is 2.89. The van der Waals surface area contributed by atoms with E-state index in [1.54, 1.807) is 9.80 Å². The molecule has 89 heavy (non-hydrogen) atoms. The molecule has 4 amide bonds. The van der Waals surface area contributed by atoms with E-state index in [2.05, 4.69) is 75.8 Å². The van der Waals surface area contributed by atoms with Crippen LogP contribution in [0.2, 0.25) is 0 Å². The van der Waals surface area contributed by atoms with Crippen LogP contribution in [0.5, 0.6) is 0 Å². The molecule has 0 aromatic heterocycles. The minimum atomic E-state index is -0.944. The molecule has 10 atom stereocenters. The molecule has 4 spiro atoms. The Labute approximate surface area is 535 Å². The van der Waals surface area contributed by atoms with Crippen molar-refractivity contribution >= 4 is 47.1 Å². The van der Waals surface area contributed by atoms with E-state index in [1.807, 2.05) is 41.5 Å². The molecule has 4 heterocycles. The summed E-state index contributed by atoms with van der Waals surface area (Å²) in [7, 11) is 1.40. The van der Waals surface area contributed by atoms with Gasteiger partial charge in [-0.2, -0.15) is 0 Å². The third kappa shape index (κ3) is 12.4. The Morgan fingerprint density at radius 3 is 1.13 bits per heavy atom. The van der Waals surface area contributed by atoms with Crippen molar-refractivity contribution in [3.05, 3.63) is 0 Å². The molecule has 4 aliphatic heterocycles. The van der Waals surface area contributed by atoms with Crippen molar-refractivity contribution in [2.24, 2.45) is 67.0 Å². The monoisotopic (exact) mass is 1240 g/mol. The fraction of sp³-hybridized carbons (Fsp3) is 0.890. The molecule has 10 rings (SSSR count). The molecular weight excluding hydrogens is 1120 g/mol. The molecule has 4 saturated heterocycles. The molecule has 10 fully saturated rings. The number of amides is 4. The maximum atomic E-state index is 14.7. The average molecular weight is 1240 g/mol. The van der Waals surface area contributed by atoms with Gasteiger partial charge in [0.15, 0.2) is 11.6 Å². The highest BCUT2D eigenvalue weighted by atomic mass is 16.5. The number of aliphatic carboxylic acids is 1. The summed E-state index contributed by atoms with van der Waals surface area (Å²) in [6.45, 7) is 32.5. The van der Waals surface area contributed by atoms with Crippen molar-refractivity contribution in [1.82, 2.24) is 30.2 Å². The number of Topliss-reactive ketones (excluding diaryl/α,β-unsaturated/α-hetero) is 2. The molecule has 6 saturated carbocycles. The number of ketones is 2. The van der Waals surface area contributed by atoms with Gasteiger partial charge >= 0.3 is 11.9 Å². The van der Waals surface area contributed by atoms with Crippen molar-refractivity contribution < 1.29 is 48.2 Å². The van der Waals surface area contributed by atoms with Crippen LogP contribution in [-0.4, -0.2) is 153 Å². The number of carboxylic acid groups (broad SMARTS) is 1. The molecule has 502 valence electrons. The lowest BCUT2D eigenvalue weighted by Gasteiger charge is -2.40. The minimum absolute atomic E-state index is 0.00732. The van der Waals surface area contributed by atoms with Crippen LogP contribution in [0.4, 0.5) is 0 Å². The van der Waals surface area contributed by atoms with Crippen LogP contribution in [0.25, 0.3) is 0 Å². The van der Waals surface area contributed by atoms with Gasteiger partial charge in [0.2, 0.25) is 23.6 Å². The molecule has 0 aromatic rings. The summed E-state index contributed by atoms with van der Waals surface area (Å²) in [4.78, 5) is 119. The Hall–Kier alpha value is -3.92. The molecule has 16 nitrogen and oxygen atoms in total. The lowest BCUT2D eigenvalue weighted by atomic mass is 9.73. The number of rotatable bonds is 18. The second kappa shape index (κ2) is 26.1. The SMILES string of the molecule is CC(C)N1CCCC[C@H]1C(=O)N[C@H](C(=O)C[C@H](C(=O)N1C[C@]2(C[C@H]1C(=O)O)C(C)(C)C21CCC1)C(C)(C)C)C1CCCCC1.COC(=O)[C@@H]1C[C@@]2(CN1C(=O)[C@@H](CC(=O)[C@@H](NC(=O)[C@@H]1CCCCN1C(C)C)C1CCCCC1)C(C)(C)C)C(C)(C)C21CCC1. The van der Waals surface area contributed by atoms with Crippen LogP contribution >= 0.6 is 0 Å². The van der Waals surface area contributed by atoms with E-state index in [9.17, 15) is 43.5 Å². The molecule has 0 radical (unpaired) electrons. The number of methoxy groups -OCH3 is 1. The van der Waals surface area contributed by atoms with Crippen molar-refractivity contribution in [2.75, 3.05) is 33.3 Å². The molecule has 0 bridgehead atoms. The first kappa shape index (κ1) is 69.4. The Morgan fingerprint density at radius 2 is 0.831 bits per heavy atom. The number of nitrogens with one attached hydrogen (secondary N) is 2. The summed E-state index contributed by atoms with van der Waals surface area (Å²) in [5.41, 5.74) is -0.903. The summed E-state index contributed by atoms with van der Waals surface area (Å²) in [5.74, 6) is -2.94. The summed E-state index contributed by atoms with van der Waals surface area (Å²) >= 11 is 0. The maximum absolute atomic E-state index is 14.7. The summed E-state index contributed by atoms with van der Waals surface area (Å²) in [6.07, 6.45) is 24.0. The van der Waals surface area contributed by atoms with Gasteiger partial charge in [-0.05, 0) is 175 Å². The Kier molecular flexibility index (Phi) is 20.4. The van der Waals surface area contributed by atoms with Gasteiger partial charge in [0, 0.05) is 60.7 Å². The smallest absolute Gasteiger partial charge is 0.328 e. The summed E-state index contributed by atoms with van der Waals surface area (Å²) in [5, 5.41) is 16.8. The molecular formula is C73H120N6O10. The number of fused-ring (bicyclic) bond motifs is 2. The summed E-state index contributed by atoms with van der Waals surface area (Å²) in [6, 6.07) is -2.63. The molecule has 0 aromatic carbocycles. The zero-order valence-corrected chi connectivity index (χ0v) is 58.1. The van der Waals surface area contributed by atoms with Crippen molar-refractivity contribution in [2.45, 2.75) is 312 Å². The number of piperidine rings is 2. The second-order valence-corrected chi connectivity index (χ2v) is 34.2. The van der Waals surface area contributed by atoms with Gasteiger partial charge in [-0.25, -0.2) is 9.59 Å². The Morgan fingerprint density at radius 1 is 0.483 bits per heavy atom. The van der Waals surface area contributed by atoms with Crippen molar-refractivity contribution in [3.8, 4) is 0 Å². The predicted octanol–water partition coefficient (Wildman–Crippen LogP) is 11.7. The van der Waals surface area contributed by atoms with Crippen LogP contribution in [0.3, 0.4) is 0 Å². The minimum Gasteiger partial charge on any atom is -0.480 e. The molecule has 0 unspecified atom stereocenters. The number of ether oxygens (including phenoxy) is 1. The first-order valence-corrected chi connectivity index (χ1v) is 35.8. The predicted molar refractivity (Wildman–Crippen MR) is 346 cm³/mol. The normalized spacial score (nSPS) is 31.2. The van der Waals surface area contributed by atoms with E-state index in [-0.39, 0.29) is 122 Å². The highest BCUT2D eigenvalue weighted by Gasteiger charge is 2.86. The average Bonchev–Trinajstić information content (AvgIpc) is 1.47. The van der Waals surface area contributed by atoms with Crippen LogP contribution in [0, 0.1) is 67.0 Å². The largest absolute Gasteiger partial charge is 0.480 e. The highest BCUT2D eigenvalue weighted by molar-refractivity contribution is 5.96. The van der Waals surface area contributed by atoms with E-state index < -0.39 is 52.8 Å².